The molecule has 0 aromatic heterocycles. The normalized spacial score (nSPS) is 11.6. The van der Waals surface area contributed by atoms with E-state index in [1.165, 1.54) is 38.1 Å². The third kappa shape index (κ3) is 5.82. The number of carbonyl (C=O) groups is 3. The Morgan fingerprint density at radius 3 is 2.03 bits per heavy atom. The third-order valence-electron chi connectivity index (χ3n) is 4.39. The molecular weight excluding hydrogens is 419 g/mol. The summed E-state index contributed by atoms with van der Waals surface area (Å²) >= 11 is 0. The van der Waals surface area contributed by atoms with Crippen LogP contribution in [0.1, 0.15) is 36.6 Å². The lowest BCUT2D eigenvalue weighted by molar-refractivity contribution is -0.177. The highest BCUT2D eigenvalue weighted by atomic mass is 19.1. The monoisotopic (exact) mass is 442 g/mol. The number of nitrogens with zero attached hydrogens (tertiary/aromatic N) is 1. The molecule has 8 nitrogen and oxygen atoms in total. The second kappa shape index (κ2) is 11.5. The van der Waals surface area contributed by atoms with Gasteiger partial charge in [-0.3, -0.25) is 0 Å². The van der Waals surface area contributed by atoms with Crippen molar-refractivity contribution in [3.8, 4) is 6.07 Å². The van der Waals surface area contributed by atoms with Crippen LogP contribution in [0.15, 0.2) is 54.6 Å². The van der Waals surface area contributed by atoms with Gasteiger partial charge in [-0.2, -0.15) is 5.26 Å². The maximum atomic E-state index is 16.1. The predicted octanol–water partition coefficient (Wildman–Crippen LogP) is 3.36. The van der Waals surface area contributed by atoms with Gasteiger partial charge >= 0.3 is 23.7 Å². The maximum absolute atomic E-state index is 16.1. The molecule has 0 saturated heterocycles. The summed E-state index contributed by atoms with van der Waals surface area (Å²) in [5.74, 6) is -3.03. The van der Waals surface area contributed by atoms with Gasteiger partial charge in [0.15, 0.2) is 0 Å². The van der Waals surface area contributed by atoms with Crippen molar-refractivity contribution in [3.63, 3.8) is 0 Å². The summed E-state index contributed by atoms with van der Waals surface area (Å²) < 4.78 is 30.8. The van der Waals surface area contributed by atoms with Gasteiger partial charge in [-0.05, 0) is 37.1 Å². The van der Waals surface area contributed by atoms with Crippen LogP contribution in [0.25, 0.3) is 0 Å². The Hall–Kier alpha value is -3.93. The van der Waals surface area contributed by atoms with Gasteiger partial charge in [0.05, 0.1) is 24.8 Å². The minimum absolute atomic E-state index is 0.0317. The lowest BCUT2D eigenvalue weighted by Gasteiger charge is -2.30. The molecule has 2 aromatic carbocycles. The molecule has 32 heavy (non-hydrogen) atoms. The highest BCUT2D eigenvalue weighted by molar-refractivity contribution is 6.05. The zero-order chi connectivity index (χ0) is 23.6. The average molecular weight is 442 g/mol. The van der Waals surface area contributed by atoms with E-state index in [1.807, 2.05) is 6.07 Å². The van der Waals surface area contributed by atoms with Crippen LogP contribution >= 0.6 is 0 Å². The summed E-state index contributed by atoms with van der Waals surface area (Å²) in [6.45, 7) is 2.36. The Bertz CT molecular complexity index is 954. The zero-order valence-electron chi connectivity index (χ0n) is 17.7. The Kier molecular flexibility index (Phi) is 8.72. The van der Waals surface area contributed by atoms with E-state index in [2.05, 4.69) is 5.32 Å². The fourth-order valence-corrected chi connectivity index (χ4v) is 2.84. The van der Waals surface area contributed by atoms with Crippen molar-refractivity contribution in [2.24, 2.45) is 0 Å². The van der Waals surface area contributed by atoms with Gasteiger partial charge in [0.1, 0.15) is 12.6 Å². The quantitative estimate of drug-likeness (QED) is 0.360. The number of benzene rings is 2. The fraction of sp³-hybridized carbons (Fsp3) is 0.304. The molecule has 168 valence electrons. The van der Waals surface area contributed by atoms with Crippen molar-refractivity contribution in [1.82, 2.24) is 5.32 Å². The highest BCUT2D eigenvalue weighted by Crippen LogP contribution is 2.33. The Morgan fingerprint density at radius 1 is 0.969 bits per heavy atom. The van der Waals surface area contributed by atoms with Gasteiger partial charge in [-0.15, -0.1) is 0 Å². The number of ether oxygens (including phenoxy) is 3. The Morgan fingerprint density at radius 2 is 1.53 bits per heavy atom. The standard InChI is InChI=1S/C23H23FN2O6/c1-3-30-20(27)23(24,21(28)31-4-2)19(18-12-10-16(14-25)11-13-18)26-22(29)32-15-17-8-6-5-7-9-17/h5-13,19H,3-4,15H2,1-2H3,(H,26,29). The van der Waals surface area contributed by atoms with Crippen LogP contribution in [0.4, 0.5) is 9.18 Å². The first-order valence-corrected chi connectivity index (χ1v) is 9.87. The van der Waals surface area contributed by atoms with E-state index in [1.54, 1.807) is 30.3 Å². The van der Waals surface area contributed by atoms with Crippen LogP contribution in [0.5, 0.6) is 0 Å². The van der Waals surface area contributed by atoms with Crippen LogP contribution in [-0.4, -0.2) is 36.9 Å². The topological polar surface area (TPSA) is 115 Å². The number of halogens is 1. The smallest absolute Gasteiger partial charge is 0.408 e. The SMILES string of the molecule is CCOC(=O)C(F)(C(=O)OCC)C(NC(=O)OCc1ccccc1)c1ccc(C#N)cc1. The van der Waals surface area contributed by atoms with Crippen molar-refractivity contribution >= 4 is 18.0 Å². The van der Waals surface area contributed by atoms with E-state index in [4.69, 9.17) is 19.5 Å². The molecule has 2 rings (SSSR count). The molecule has 0 heterocycles. The van der Waals surface area contributed by atoms with Crippen molar-refractivity contribution in [1.29, 1.82) is 5.26 Å². The van der Waals surface area contributed by atoms with Crippen molar-refractivity contribution in [2.45, 2.75) is 32.2 Å². The van der Waals surface area contributed by atoms with Gasteiger partial charge in [0.25, 0.3) is 0 Å². The largest absolute Gasteiger partial charge is 0.463 e. The maximum Gasteiger partial charge on any atom is 0.408 e. The lowest BCUT2D eigenvalue weighted by Crippen LogP contribution is -2.55. The average Bonchev–Trinajstić information content (AvgIpc) is 2.81. The third-order valence-corrected chi connectivity index (χ3v) is 4.39. The first-order valence-electron chi connectivity index (χ1n) is 9.87. The first kappa shape index (κ1) is 24.3. The van der Waals surface area contributed by atoms with Crippen LogP contribution < -0.4 is 5.32 Å². The summed E-state index contributed by atoms with van der Waals surface area (Å²) in [5.41, 5.74) is -2.42. The summed E-state index contributed by atoms with van der Waals surface area (Å²) in [5, 5.41) is 11.2. The van der Waals surface area contributed by atoms with Crippen LogP contribution in [0.2, 0.25) is 0 Å². The molecular formula is C23H23FN2O6. The Labute approximate surface area is 184 Å². The number of rotatable bonds is 9. The van der Waals surface area contributed by atoms with E-state index in [0.717, 1.165) is 0 Å². The summed E-state index contributed by atoms with van der Waals surface area (Å²) in [7, 11) is 0. The number of alkyl halides is 1. The summed E-state index contributed by atoms with van der Waals surface area (Å²) in [6.07, 6.45) is -1.07. The van der Waals surface area contributed by atoms with Crippen molar-refractivity contribution in [3.05, 3.63) is 71.3 Å². The molecule has 0 aliphatic heterocycles. The fourth-order valence-electron chi connectivity index (χ4n) is 2.84. The number of amides is 1. The Balaban J connectivity index is 2.40. The molecule has 2 aromatic rings. The minimum atomic E-state index is -3.40. The van der Waals surface area contributed by atoms with E-state index in [0.29, 0.717) is 5.56 Å². The molecule has 1 atom stereocenters. The van der Waals surface area contributed by atoms with E-state index in [-0.39, 0.29) is 30.9 Å². The molecule has 9 heteroatoms. The van der Waals surface area contributed by atoms with Crippen LogP contribution in [0.3, 0.4) is 0 Å². The molecule has 1 N–H and O–H groups in total. The zero-order valence-corrected chi connectivity index (χ0v) is 17.7. The predicted molar refractivity (Wildman–Crippen MR) is 111 cm³/mol. The van der Waals surface area contributed by atoms with Gasteiger partial charge < -0.3 is 19.5 Å². The molecule has 0 saturated carbocycles. The van der Waals surface area contributed by atoms with Crippen LogP contribution in [0, 0.1) is 11.3 Å². The molecule has 0 aliphatic carbocycles. The molecule has 0 fully saturated rings. The van der Waals surface area contributed by atoms with Gasteiger partial charge in [-0.1, -0.05) is 42.5 Å². The second-order valence-electron chi connectivity index (χ2n) is 6.53. The van der Waals surface area contributed by atoms with Gasteiger partial charge in [0, 0.05) is 0 Å². The number of alkyl carbamates (subject to hydrolysis) is 1. The molecule has 1 unspecified atom stereocenters. The number of nitrogens with one attached hydrogen (secondary N) is 1. The van der Waals surface area contributed by atoms with Gasteiger partial charge in [-0.25, -0.2) is 18.8 Å². The molecule has 0 spiro atoms. The lowest BCUT2D eigenvalue weighted by atomic mass is 9.89. The second-order valence-corrected chi connectivity index (χ2v) is 6.53. The van der Waals surface area contributed by atoms with E-state index < -0.39 is 29.7 Å². The number of hydrogen-bond acceptors (Lipinski definition) is 7. The van der Waals surface area contributed by atoms with Crippen molar-refractivity contribution < 1.29 is 33.0 Å². The number of esters is 2. The highest BCUT2D eigenvalue weighted by Gasteiger charge is 2.58. The summed E-state index contributed by atoms with van der Waals surface area (Å²) in [6, 6.07) is 14.2. The summed E-state index contributed by atoms with van der Waals surface area (Å²) in [4.78, 5) is 37.5. The number of hydrogen-bond donors (Lipinski definition) is 1. The number of carbonyl (C=O) groups excluding carboxylic acids is 3. The minimum Gasteiger partial charge on any atom is -0.463 e. The number of nitriles is 1. The first-order chi connectivity index (χ1) is 15.4. The van der Waals surface area contributed by atoms with E-state index in [9.17, 15) is 14.4 Å². The van der Waals surface area contributed by atoms with Crippen molar-refractivity contribution in [2.75, 3.05) is 13.2 Å². The molecule has 0 aliphatic rings. The van der Waals surface area contributed by atoms with Crippen LogP contribution in [-0.2, 0) is 30.4 Å². The molecule has 0 bridgehead atoms. The molecule has 0 radical (unpaired) electrons. The van der Waals surface area contributed by atoms with E-state index >= 15 is 4.39 Å². The molecule has 1 amide bonds. The van der Waals surface area contributed by atoms with Gasteiger partial charge in [0.2, 0.25) is 0 Å².